The molecule has 1 aromatic rings. The van der Waals surface area contributed by atoms with Gasteiger partial charge in [0.1, 0.15) is 0 Å². The second-order valence-corrected chi connectivity index (χ2v) is 5.85. The van der Waals surface area contributed by atoms with E-state index in [0.717, 1.165) is 6.04 Å². The highest BCUT2D eigenvalue weighted by molar-refractivity contribution is 5.55. The molecule has 3 nitrogen and oxygen atoms in total. The van der Waals surface area contributed by atoms with E-state index in [1.807, 2.05) is 0 Å². The van der Waals surface area contributed by atoms with E-state index in [9.17, 15) is 0 Å². The van der Waals surface area contributed by atoms with Crippen LogP contribution in [-0.4, -0.2) is 43.7 Å². The second-order valence-electron chi connectivity index (χ2n) is 5.85. The van der Waals surface area contributed by atoms with Crippen molar-refractivity contribution in [3.05, 3.63) is 29.8 Å². The van der Waals surface area contributed by atoms with Crippen molar-refractivity contribution in [2.24, 2.45) is 0 Å². The molecule has 2 aliphatic rings. The molecule has 0 aromatic heterocycles. The van der Waals surface area contributed by atoms with Crippen molar-refractivity contribution in [2.75, 3.05) is 31.6 Å². The highest BCUT2D eigenvalue weighted by Gasteiger charge is 2.34. The van der Waals surface area contributed by atoms with E-state index in [2.05, 4.69) is 41.0 Å². The summed E-state index contributed by atoms with van der Waals surface area (Å²) in [7, 11) is 1.77. The number of anilines is 1. The van der Waals surface area contributed by atoms with Crippen LogP contribution >= 0.6 is 0 Å². The molecule has 19 heavy (non-hydrogen) atoms. The van der Waals surface area contributed by atoms with E-state index >= 15 is 0 Å². The van der Waals surface area contributed by atoms with Gasteiger partial charge in [-0.05, 0) is 32.4 Å². The molecule has 3 rings (SSSR count). The van der Waals surface area contributed by atoms with Crippen LogP contribution in [0.2, 0.25) is 0 Å². The third kappa shape index (κ3) is 2.49. The normalized spacial score (nSPS) is 27.6. The van der Waals surface area contributed by atoms with Crippen LogP contribution in [0.4, 0.5) is 5.69 Å². The lowest BCUT2D eigenvalue weighted by Gasteiger charge is -2.44. The highest BCUT2D eigenvalue weighted by atomic mass is 16.5. The average Bonchev–Trinajstić information content (AvgIpc) is 2.86. The number of piperazine rings is 1. The first-order chi connectivity index (χ1) is 9.29. The molecular formula is C16H24N2O. The molecule has 1 aromatic carbocycles. The van der Waals surface area contributed by atoms with Crippen LogP contribution in [0.5, 0.6) is 0 Å². The van der Waals surface area contributed by atoms with Crippen molar-refractivity contribution in [1.82, 2.24) is 4.90 Å². The molecule has 0 N–H and O–H groups in total. The third-order valence-corrected chi connectivity index (χ3v) is 4.54. The Hall–Kier alpha value is -1.06. The Balaban J connectivity index is 1.84. The van der Waals surface area contributed by atoms with Crippen molar-refractivity contribution in [2.45, 2.75) is 38.5 Å². The SMILES string of the molecule is COCc1ccccc1N1CC2CCCN2CC1C. The quantitative estimate of drug-likeness (QED) is 0.830. The Morgan fingerprint density at radius 2 is 2.11 bits per heavy atom. The number of methoxy groups -OCH3 is 1. The first kappa shape index (κ1) is 12.9. The van der Waals surface area contributed by atoms with Crippen LogP contribution in [0, 0.1) is 0 Å². The van der Waals surface area contributed by atoms with Gasteiger partial charge in [0.25, 0.3) is 0 Å². The molecular weight excluding hydrogens is 236 g/mol. The number of rotatable bonds is 3. The molecule has 0 radical (unpaired) electrons. The van der Waals surface area contributed by atoms with Crippen molar-refractivity contribution < 1.29 is 4.74 Å². The summed E-state index contributed by atoms with van der Waals surface area (Å²) in [6, 6.07) is 10.0. The minimum atomic E-state index is 0.590. The number of fused-ring (bicyclic) bond motifs is 1. The average molecular weight is 260 g/mol. The summed E-state index contributed by atoms with van der Waals surface area (Å²) in [5, 5.41) is 0. The molecule has 104 valence electrons. The van der Waals surface area contributed by atoms with Gasteiger partial charge in [-0.1, -0.05) is 18.2 Å². The zero-order valence-electron chi connectivity index (χ0n) is 12.0. The Morgan fingerprint density at radius 1 is 1.26 bits per heavy atom. The number of ether oxygens (including phenoxy) is 1. The summed E-state index contributed by atoms with van der Waals surface area (Å²) < 4.78 is 5.34. The summed E-state index contributed by atoms with van der Waals surface area (Å²) in [6.07, 6.45) is 2.72. The van der Waals surface area contributed by atoms with Gasteiger partial charge in [0, 0.05) is 43.5 Å². The fraction of sp³-hybridized carbons (Fsp3) is 0.625. The molecule has 2 heterocycles. The number of hydrogen-bond donors (Lipinski definition) is 0. The van der Waals surface area contributed by atoms with Crippen LogP contribution in [0.25, 0.3) is 0 Å². The molecule has 0 bridgehead atoms. The van der Waals surface area contributed by atoms with Crippen LogP contribution < -0.4 is 4.90 Å². The van der Waals surface area contributed by atoms with Gasteiger partial charge in [-0.25, -0.2) is 0 Å². The fourth-order valence-electron chi connectivity index (χ4n) is 3.59. The number of benzene rings is 1. The summed E-state index contributed by atoms with van der Waals surface area (Å²) in [5.41, 5.74) is 2.67. The van der Waals surface area contributed by atoms with Crippen molar-refractivity contribution >= 4 is 5.69 Å². The molecule has 0 spiro atoms. The zero-order valence-corrected chi connectivity index (χ0v) is 12.0. The molecule has 3 heteroatoms. The summed E-state index contributed by atoms with van der Waals surface area (Å²) in [4.78, 5) is 5.25. The molecule has 2 aliphatic heterocycles. The van der Waals surface area contributed by atoms with E-state index in [-0.39, 0.29) is 0 Å². The molecule has 2 unspecified atom stereocenters. The zero-order chi connectivity index (χ0) is 13.2. The van der Waals surface area contributed by atoms with Crippen LogP contribution in [0.1, 0.15) is 25.3 Å². The number of nitrogens with zero attached hydrogens (tertiary/aromatic N) is 2. The first-order valence-electron chi connectivity index (χ1n) is 7.37. The predicted octanol–water partition coefficient (Wildman–Crippen LogP) is 2.51. The summed E-state index contributed by atoms with van der Waals surface area (Å²) in [6.45, 7) is 6.71. The van der Waals surface area contributed by atoms with E-state index in [0.29, 0.717) is 12.6 Å². The van der Waals surface area contributed by atoms with Crippen molar-refractivity contribution in [3.63, 3.8) is 0 Å². The fourth-order valence-corrected chi connectivity index (χ4v) is 3.59. The molecule has 2 fully saturated rings. The molecule has 2 saturated heterocycles. The Morgan fingerprint density at radius 3 is 2.95 bits per heavy atom. The summed E-state index contributed by atoms with van der Waals surface area (Å²) >= 11 is 0. The minimum absolute atomic E-state index is 0.590. The van der Waals surface area contributed by atoms with Gasteiger partial charge in [-0.3, -0.25) is 4.90 Å². The minimum Gasteiger partial charge on any atom is -0.380 e. The third-order valence-electron chi connectivity index (χ3n) is 4.54. The standard InChI is InChI=1S/C16H24N2O/c1-13-10-17-9-5-7-15(17)11-18(13)16-8-4-3-6-14(16)12-19-2/h3-4,6,8,13,15H,5,7,9-12H2,1-2H3. The van der Waals surface area contributed by atoms with Gasteiger partial charge < -0.3 is 9.64 Å². The maximum atomic E-state index is 5.34. The van der Waals surface area contributed by atoms with Crippen LogP contribution in [0.15, 0.2) is 24.3 Å². The van der Waals surface area contributed by atoms with Crippen LogP contribution in [0.3, 0.4) is 0 Å². The van der Waals surface area contributed by atoms with E-state index in [4.69, 9.17) is 4.74 Å². The van der Waals surface area contributed by atoms with Crippen molar-refractivity contribution in [3.8, 4) is 0 Å². The predicted molar refractivity (Wildman–Crippen MR) is 78.6 cm³/mol. The Labute approximate surface area is 116 Å². The topological polar surface area (TPSA) is 15.7 Å². The van der Waals surface area contributed by atoms with Gasteiger partial charge in [0.2, 0.25) is 0 Å². The van der Waals surface area contributed by atoms with Gasteiger partial charge >= 0.3 is 0 Å². The molecule has 0 saturated carbocycles. The lowest BCUT2D eigenvalue weighted by Crippen LogP contribution is -2.55. The molecule has 0 aliphatic carbocycles. The van der Waals surface area contributed by atoms with Crippen LogP contribution in [-0.2, 0) is 11.3 Å². The maximum absolute atomic E-state index is 5.34. The van der Waals surface area contributed by atoms with Crippen molar-refractivity contribution in [1.29, 1.82) is 0 Å². The second kappa shape index (κ2) is 5.51. The van der Waals surface area contributed by atoms with E-state index in [1.165, 1.54) is 43.7 Å². The van der Waals surface area contributed by atoms with E-state index in [1.54, 1.807) is 7.11 Å². The van der Waals surface area contributed by atoms with Gasteiger partial charge in [0.05, 0.1) is 6.61 Å². The lowest BCUT2D eigenvalue weighted by molar-refractivity contribution is 0.182. The Kier molecular flexibility index (Phi) is 3.76. The lowest BCUT2D eigenvalue weighted by atomic mass is 10.0. The number of para-hydroxylation sites is 1. The van der Waals surface area contributed by atoms with Gasteiger partial charge in [-0.2, -0.15) is 0 Å². The largest absolute Gasteiger partial charge is 0.380 e. The summed E-state index contributed by atoms with van der Waals surface area (Å²) in [5.74, 6) is 0. The van der Waals surface area contributed by atoms with Gasteiger partial charge in [0.15, 0.2) is 0 Å². The number of hydrogen-bond acceptors (Lipinski definition) is 3. The molecule has 2 atom stereocenters. The van der Waals surface area contributed by atoms with Gasteiger partial charge in [-0.15, -0.1) is 0 Å². The highest BCUT2D eigenvalue weighted by Crippen LogP contribution is 2.30. The maximum Gasteiger partial charge on any atom is 0.0733 e. The smallest absolute Gasteiger partial charge is 0.0733 e. The van der Waals surface area contributed by atoms with E-state index < -0.39 is 0 Å². The molecule has 0 amide bonds. The first-order valence-corrected chi connectivity index (χ1v) is 7.37. The monoisotopic (exact) mass is 260 g/mol. The Bertz CT molecular complexity index is 435.